The normalized spacial score (nSPS) is 21.4. The van der Waals surface area contributed by atoms with Crippen molar-refractivity contribution in [3.8, 4) is 0 Å². The Morgan fingerprint density at radius 3 is 2.50 bits per heavy atom. The Morgan fingerprint density at radius 1 is 1.20 bits per heavy atom. The molecule has 2 heterocycles. The molecule has 3 N–H and O–H groups in total. The standard InChI is InChI=1S/C14H23N5S/c1-20-13-16-11(18-15)10-12(17-13)19-8-6-14(7-9-19)4-2-3-5-14/h10H,2-9,15H2,1H3,(H,16,17,18). The number of hydrazine groups is 1. The molecule has 0 radical (unpaired) electrons. The molecule has 2 fully saturated rings. The Bertz CT molecular complexity index is 440. The van der Waals surface area contributed by atoms with Crippen LogP contribution in [-0.4, -0.2) is 29.3 Å². The lowest BCUT2D eigenvalue weighted by atomic mass is 9.77. The molecular weight excluding hydrogens is 270 g/mol. The third-order valence-electron chi connectivity index (χ3n) is 4.83. The molecule has 6 heteroatoms. The first-order chi connectivity index (χ1) is 9.74. The molecule has 0 bridgehead atoms. The quantitative estimate of drug-likeness (QED) is 0.386. The van der Waals surface area contributed by atoms with Crippen LogP contribution in [0, 0.1) is 5.41 Å². The second-order valence-electron chi connectivity index (χ2n) is 5.94. The summed E-state index contributed by atoms with van der Waals surface area (Å²) in [6, 6.07) is 1.95. The van der Waals surface area contributed by atoms with Gasteiger partial charge in [0.1, 0.15) is 11.6 Å². The SMILES string of the molecule is CSc1nc(NN)cc(N2CCC3(CCCC3)CC2)n1. The summed E-state index contributed by atoms with van der Waals surface area (Å²) in [5.74, 6) is 7.20. The van der Waals surface area contributed by atoms with Crippen LogP contribution in [0.2, 0.25) is 0 Å². The molecule has 110 valence electrons. The van der Waals surface area contributed by atoms with Crippen molar-refractivity contribution in [2.75, 3.05) is 29.7 Å². The topological polar surface area (TPSA) is 67.1 Å². The molecule has 1 aliphatic carbocycles. The fourth-order valence-corrected chi connectivity index (χ4v) is 3.95. The van der Waals surface area contributed by atoms with E-state index in [1.165, 1.54) is 38.5 Å². The molecule has 1 saturated heterocycles. The van der Waals surface area contributed by atoms with Crippen molar-refractivity contribution in [1.82, 2.24) is 9.97 Å². The van der Waals surface area contributed by atoms with Gasteiger partial charge in [0, 0.05) is 19.2 Å². The van der Waals surface area contributed by atoms with Gasteiger partial charge in [0.05, 0.1) is 0 Å². The molecule has 3 rings (SSSR count). The third-order valence-corrected chi connectivity index (χ3v) is 5.38. The van der Waals surface area contributed by atoms with Crippen LogP contribution in [0.3, 0.4) is 0 Å². The average Bonchev–Trinajstić information content (AvgIpc) is 2.95. The van der Waals surface area contributed by atoms with E-state index in [2.05, 4.69) is 20.3 Å². The summed E-state index contributed by atoms with van der Waals surface area (Å²) in [5.41, 5.74) is 3.28. The molecule has 0 aromatic carbocycles. The lowest BCUT2D eigenvalue weighted by molar-refractivity contribution is 0.226. The van der Waals surface area contributed by atoms with Gasteiger partial charge in [-0.05, 0) is 37.4 Å². The number of nitrogen functional groups attached to an aromatic ring is 1. The Kier molecular flexibility index (Phi) is 4.03. The van der Waals surface area contributed by atoms with Crippen LogP contribution >= 0.6 is 11.8 Å². The number of nitrogens with two attached hydrogens (primary N) is 1. The third kappa shape index (κ3) is 2.72. The van der Waals surface area contributed by atoms with Gasteiger partial charge in [-0.25, -0.2) is 15.8 Å². The van der Waals surface area contributed by atoms with E-state index in [0.29, 0.717) is 11.2 Å². The van der Waals surface area contributed by atoms with Crippen LogP contribution in [0.15, 0.2) is 11.2 Å². The van der Waals surface area contributed by atoms with Gasteiger partial charge in [0.2, 0.25) is 0 Å². The van der Waals surface area contributed by atoms with Gasteiger partial charge in [0.15, 0.2) is 5.16 Å². The molecule has 0 amide bonds. The minimum Gasteiger partial charge on any atom is -0.356 e. The molecule has 1 aromatic rings. The van der Waals surface area contributed by atoms with Gasteiger partial charge in [-0.15, -0.1) is 0 Å². The number of anilines is 2. The van der Waals surface area contributed by atoms with Crippen molar-refractivity contribution < 1.29 is 0 Å². The number of piperidine rings is 1. The van der Waals surface area contributed by atoms with E-state index < -0.39 is 0 Å². The van der Waals surface area contributed by atoms with E-state index in [1.807, 2.05) is 12.3 Å². The van der Waals surface area contributed by atoms with E-state index in [1.54, 1.807) is 11.8 Å². The largest absolute Gasteiger partial charge is 0.356 e. The van der Waals surface area contributed by atoms with Gasteiger partial charge in [-0.1, -0.05) is 24.6 Å². The maximum Gasteiger partial charge on any atom is 0.191 e. The summed E-state index contributed by atoms with van der Waals surface area (Å²) in [4.78, 5) is 11.3. The molecule has 1 aliphatic heterocycles. The van der Waals surface area contributed by atoms with Gasteiger partial charge < -0.3 is 10.3 Å². The Hall–Kier alpha value is -1.01. The number of nitrogens with one attached hydrogen (secondary N) is 1. The van der Waals surface area contributed by atoms with Crippen molar-refractivity contribution in [2.45, 2.75) is 43.7 Å². The molecule has 5 nitrogen and oxygen atoms in total. The first kappa shape index (κ1) is 13.9. The lowest BCUT2D eigenvalue weighted by Crippen LogP contribution is -2.39. The second kappa shape index (κ2) is 5.77. The van der Waals surface area contributed by atoms with Crippen molar-refractivity contribution in [3.05, 3.63) is 6.07 Å². The minimum atomic E-state index is 0.640. The predicted octanol–water partition coefficient (Wildman–Crippen LogP) is 2.64. The lowest BCUT2D eigenvalue weighted by Gasteiger charge is -2.40. The summed E-state index contributed by atoms with van der Waals surface area (Å²) in [7, 11) is 0. The molecule has 20 heavy (non-hydrogen) atoms. The number of aromatic nitrogens is 2. The fourth-order valence-electron chi connectivity index (χ4n) is 3.58. The molecule has 2 aliphatic rings. The summed E-state index contributed by atoms with van der Waals surface area (Å²) in [6.45, 7) is 2.21. The highest BCUT2D eigenvalue weighted by atomic mass is 32.2. The van der Waals surface area contributed by atoms with E-state index >= 15 is 0 Å². The van der Waals surface area contributed by atoms with E-state index in [4.69, 9.17) is 5.84 Å². The van der Waals surface area contributed by atoms with Crippen molar-refractivity contribution in [3.63, 3.8) is 0 Å². The van der Waals surface area contributed by atoms with Gasteiger partial charge in [0.25, 0.3) is 0 Å². The van der Waals surface area contributed by atoms with Crippen LogP contribution in [0.25, 0.3) is 0 Å². The highest BCUT2D eigenvalue weighted by Crippen LogP contribution is 2.46. The number of nitrogens with zero attached hydrogens (tertiary/aromatic N) is 3. The van der Waals surface area contributed by atoms with E-state index in [9.17, 15) is 0 Å². The molecule has 1 spiro atoms. The van der Waals surface area contributed by atoms with E-state index in [0.717, 1.165) is 24.1 Å². The summed E-state index contributed by atoms with van der Waals surface area (Å²) in [6.07, 6.45) is 10.3. The molecule has 1 saturated carbocycles. The number of thioether (sulfide) groups is 1. The van der Waals surface area contributed by atoms with Crippen LogP contribution in [0.1, 0.15) is 38.5 Å². The maximum atomic E-state index is 5.50. The first-order valence-corrected chi connectivity index (χ1v) is 8.62. The Balaban J connectivity index is 1.74. The first-order valence-electron chi connectivity index (χ1n) is 7.39. The second-order valence-corrected chi connectivity index (χ2v) is 6.71. The number of hydrogen-bond acceptors (Lipinski definition) is 6. The molecule has 0 unspecified atom stereocenters. The van der Waals surface area contributed by atoms with Gasteiger partial charge in [-0.3, -0.25) is 0 Å². The summed E-state index contributed by atoms with van der Waals surface area (Å²) in [5, 5.41) is 0.775. The molecule has 1 aromatic heterocycles. The Morgan fingerprint density at radius 2 is 1.90 bits per heavy atom. The maximum absolute atomic E-state index is 5.50. The predicted molar refractivity (Wildman–Crippen MR) is 84.0 cm³/mol. The zero-order chi connectivity index (χ0) is 14.0. The van der Waals surface area contributed by atoms with Crippen molar-refractivity contribution >= 4 is 23.4 Å². The van der Waals surface area contributed by atoms with E-state index in [-0.39, 0.29) is 0 Å². The molecular formula is C14H23N5S. The van der Waals surface area contributed by atoms with Gasteiger partial charge >= 0.3 is 0 Å². The summed E-state index contributed by atoms with van der Waals surface area (Å²) < 4.78 is 0. The highest BCUT2D eigenvalue weighted by molar-refractivity contribution is 7.98. The van der Waals surface area contributed by atoms with Crippen LogP contribution in [0.5, 0.6) is 0 Å². The highest BCUT2D eigenvalue weighted by Gasteiger charge is 2.37. The molecule has 0 atom stereocenters. The zero-order valence-electron chi connectivity index (χ0n) is 12.1. The smallest absolute Gasteiger partial charge is 0.191 e. The van der Waals surface area contributed by atoms with Crippen molar-refractivity contribution in [1.29, 1.82) is 0 Å². The number of hydrogen-bond donors (Lipinski definition) is 2. The monoisotopic (exact) mass is 293 g/mol. The number of rotatable bonds is 3. The van der Waals surface area contributed by atoms with Gasteiger partial charge in [-0.2, -0.15) is 0 Å². The Labute approximate surface area is 124 Å². The van der Waals surface area contributed by atoms with Crippen LogP contribution in [-0.2, 0) is 0 Å². The summed E-state index contributed by atoms with van der Waals surface area (Å²) >= 11 is 1.55. The van der Waals surface area contributed by atoms with Crippen LogP contribution < -0.4 is 16.2 Å². The zero-order valence-corrected chi connectivity index (χ0v) is 12.9. The average molecular weight is 293 g/mol. The minimum absolute atomic E-state index is 0.640. The van der Waals surface area contributed by atoms with Crippen molar-refractivity contribution in [2.24, 2.45) is 11.3 Å². The fraction of sp³-hybridized carbons (Fsp3) is 0.714. The van der Waals surface area contributed by atoms with Crippen LogP contribution in [0.4, 0.5) is 11.6 Å².